The number of likely N-dealkylation sites (N-methyl/N-ethyl adjacent to an activating group) is 1. The molecule has 4 unspecified atom stereocenters. The number of likely N-dealkylation sites (tertiary alicyclic amines) is 1. The molecule has 2 aliphatic carbocycles. The number of rotatable bonds is 7. The monoisotopic (exact) mass is 586 g/mol. The summed E-state index contributed by atoms with van der Waals surface area (Å²) in [5.41, 5.74) is -2.85. The van der Waals surface area contributed by atoms with Gasteiger partial charge in [-0.05, 0) is 50.0 Å². The van der Waals surface area contributed by atoms with Crippen molar-refractivity contribution in [1.82, 2.24) is 20.0 Å². The second-order valence-electron chi connectivity index (χ2n) is 11.8. The Bertz CT molecular complexity index is 1130. The van der Waals surface area contributed by atoms with Crippen LogP contribution in [0.2, 0.25) is 0 Å². The number of alkyl halides is 4. The number of urea groups is 1. The van der Waals surface area contributed by atoms with E-state index >= 15 is 0 Å². The summed E-state index contributed by atoms with van der Waals surface area (Å²) in [4.78, 5) is 57.1. The SMILES string of the molecule is COC1CCC(CN2C(=O)N(C)C(=O)C23CCN(C(=O)C(NC(=O)C2=CC(C(F)(F)F)=CCC2F)C(C)C)CC3)C1. The van der Waals surface area contributed by atoms with E-state index in [0.29, 0.717) is 18.7 Å². The first-order chi connectivity index (χ1) is 19.2. The summed E-state index contributed by atoms with van der Waals surface area (Å²) < 4.78 is 59.4. The fourth-order valence-electron chi connectivity index (χ4n) is 6.39. The highest BCUT2D eigenvalue weighted by Gasteiger charge is 2.57. The Morgan fingerprint density at radius 3 is 2.39 bits per heavy atom. The minimum absolute atomic E-state index is 0.123. The largest absolute Gasteiger partial charge is 0.416 e. The molecule has 2 aliphatic heterocycles. The van der Waals surface area contributed by atoms with Gasteiger partial charge in [0.05, 0.1) is 17.3 Å². The molecule has 2 saturated heterocycles. The summed E-state index contributed by atoms with van der Waals surface area (Å²) in [6, 6.07) is -1.48. The summed E-state index contributed by atoms with van der Waals surface area (Å²) in [7, 11) is 3.11. The number of carbonyl (C=O) groups is 4. The summed E-state index contributed by atoms with van der Waals surface area (Å²) in [6.07, 6.45) is -2.94. The number of amides is 5. The van der Waals surface area contributed by atoms with Crippen LogP contribution >= 0.6 is 0 Å². The van der Waals surface area contributed by atoms with E-state index in [-0.39, 0.29) is 49.9 Å². The van der Waals surface area contributed by atoms with E-state index in [4.69, 9.17) is 4.74 Å². The van der Waals surface area contributed by atoms with Crippen LogP contribution in [0.25, 0.3) is 0 Å². The minimum atomic E-state index is -4.73. The predicted molar refractivity (Wildman–Crippen MR) is 140 cm³/mol. The maximum Gasteiger partial charge on any atom is 0.416 e. The maximum atomic E-state index is 14.4. The Labute approximate surface area is 236 Å². The van der Waals surface area contributed by atoms with Crippen molar-refractivity contribution in [1.29, 1.82) is 0 Å². The number of hydrogen-bond donors (Lipinski definition) is 1. The highest BCUT2D eigenvalue weighted by atomic mass is 19.4. The Morgan fingerprint density at radius 2 is 1.83 bits per heavy atom. The Kier molecular flexibility index (Phi) is 8.87. The van der Waals surface area contributed by atoms with E-state index in [1.54, 1.807) is 25.9 Å². The molecule has 0 aromatic carbocycles. The van der Waals surface area contributed by atoms with Crippen LogP contribution in [0.4, 0.5) is 22.4 Å². The van der Waals surface area contributed by atoms with Crippen LogP contribution in [0.1, 0.15) is 52.4 Å². The molecular formula is C28H38F4N4O5. The van der Waals surface area contributed by atoms with Gasteiger partial charge in [-0.15, -0.1) is 0 Å². The van der Waals surface area contributed by atoms with E-state index in [1.165, 1.54) is 11.9 Å². The van der Waals surface area contributed by atoms with Crippen LogP contribution < -0.4 is 5.32 Å². The van der Waals surface area contributed by atoms with Crippen LogP contribution in [0.5, 0.6) is 0 Å². The van der Waals surface area contributed by atoms with E-state index in [2.05, 4.69) is 5.32 Å². The summed E-state index contributed by atoms with van der Waals surface area (Å²) in [6.45, 7) is 4.04. The zero-order chi connectivity index (χ0) is 30.3. The van der Waals surface area contributed by atoms with Crippen molar-refractivity contribution < 1.29 is 41.5 Å². The van der Waals surface area contributed by atoms with E-state index in [9.17, 15) is 36.7 Å². The summed E-state index contributed by atoms with van der Waals surface area (Å²) >= 11 is 0. The van der Waals surface area contributed by atoms with Gasteiger partial charge in [0.1, 0.15) is 17.8 Å². The highest BCUT2D eigenvalue weighted by Crippen LogP contribution is 2.40. The predicted octanol–water partition coefficient (Wildman–Crippen LogP) is 3.35. The Morgan fingerprint density at radius 1 is 1.17 bits per heavy atom. The number of imide groups is 1. The second-order valence-corrected chi connectivity index (χ2v) is 11.8. The van der Waals surface area contributed by atoms with Gasteiger partial charge >= 0.3 is 12.2 Å². The van der Waals surface area contributed by atoms with E-state index < -0.39 is 59.2 Å². The van der Waals surface area contributed by atoms with E-state index in [0.717, 1.165) is 24.2 Å². The van der Waals surface area contributed by atoms with Crippen molar-refractivity contribution in [3.8, 4) is 0 Å². The normalized spacial score (nSPS) is 27.4. The van der Waals surface area contributed by atoms with Crippen molar-refractivity contribution in [2.45, 2.75) is 82.4 Å². The molecule has 1 saturated carbocycles. The zero-order valence-corrected chi connectivity index (χ0v) is 23.8. The van der Waals surface area contributed by atoms with Gasteiger partial charge in [0, 0.05) is 40.2 Å². The van der Waals surface area contributed by atoms with Crippen LogP contribution in [-0.4, -0.2) is 102 Å². The fourth-order valence-corrected chi connectivity index (χ4v) is 6.39. The fraction of sp³-hybridized carbons (Fsp3) is 0.714. The Balaban J connectivity index is 1.45. The molecule has 1 N–H and O–H groups in total. The topological polar surface area (TPSA) is 99.3 Å². The number of hydrogen-bond acceptors (Lipinski definition) is 5. The number of halogens is 4. The molecule has 0 radical (unpaired) electrons. The standard InChI is InChI=1S/C28H38F4N4O5/c1-16(2)22(33-23(37)20-14-18(28(30,31)32)6-8-21(20)29)24(38)35-11-9-27(10-12-35)25(39)34(3)26(40)36(27)15-17-5-7-19(13-17)41-4/h6,14,16-17,19,21-22H,5,7-13,15H2,1-4H3,(H,33,37). The number of allylic oxidation sites excluding steroid dienone is 3. The molecule has 1 spiro atoms. The van der Waals surface area contributed by atoms with Crippen molar-refractivity contribution in [3.05, 3.63) is 23.3 Å². The molecule has 4 atom stereocenters. The Hall–Kier alpha value is -2.96. The summed E-state index contributed by atoms with van der Waals surface area (Å²) in [5, 5.41) is 2.45. The second kappa shape index (κ2) is 11.7. The molecule has 2 heterocycles. The summed E-state index contributed by atoms with van der Waals surface area (Å²) in [5.74, 6) is -2.10. The van der Waals surface area contributed by atoms with Crippen molar-refractivity contribution in [3.63, 3.8) is 0 Å². The van der Waals surface area contributed by atoms with Crippen LogP contribution in [0.15, 0.2) is 23.3 Å². The molecule has 9 nitrogen and oxygen atoms in total. The van der Waals surface area contributed by atoms with Gasteiger partial charge in [0.25, 0.3) is 11.8 Å². The molecule has 13 heteroatoms. The molecule has 3 fully saturated rings. The molecule has 228 valence electrons. The first-order valence-corrected chi connectivity index (χ1v) is 14.0. The average Bonchev–Trinajstić information content (AvgIpc) is 3.45. The molecule has 4 aliphatic rings. The average molecular weight is 587 g/mol. The maximum absolute atomic E-state index is 14.4. The van der Waals surface area contributed by atoms with Crippen molar-refractivity contribution in [2.24, 2.45) is 11.8 Å². The molecule has 5 amide bonds. The van der Waals surface area contributed by atoms with Crippen LogP contribution in [0, 0.1) is 11.8 Å². The lowest BCUT2D eigenvalue weighted by atomic mass is 9.84. The van der Waals surface area contributed by atoms with Gasteiger partial charge in [0.15, 0.2) is 0 Å². The van der Waals surface area contributed by atoms with Gasteiger partial charge in [-0.25, -0.2) is 9.18 Å². The zero-order valence-electron chi connectivity index (χ0n) is 23.8. The lowest BCUT2D eigenvalue weighted by Crippen LogP contribution is -2.60. The van der Waals surface area contributed by atoms with E-state index in [1.807, 2.05) is 0 Å². The quantitative estimate of drug-likeness (QED) is 0.365. The molecular weight excluding hydrogens is 548 g/mol. The smallest absolute Gasteiger partial charge is 0.381 e. The lowest BCUT2D eigenvalue weighted by molar-refractivity contribution is -0.143. The molecule has 0 bridgehead atoms. The molecule has 0 aromatic rings. The van der Waals surface area contributed by atoms with Gasteiger partial charge in [-0.2, -0.15) is 13.2 Å². The van der Waals surface area contributed by atoms with Crippen LogP contribution in [-0.2, 0) is 19.1 Å². The number of carbonyl (C=O) groups excluding carboxylic acids is 4. The minimum Gasteiger partial charge on any atom is -0.381 e. The van der Waals surface area contributed by atoms with Crippen molar-refractivity contribution in [2.75, 3.05) is 33.8 Å². The number of nitrogens with one attached hydrogen (secondary N) is 1. The lowest BCUT2D eigenvalue weighted by Gasteiger charge is -2.44. The highest BCUT2D eigenvalue weighted by molar-refractivity contribution is 6.07. The van der Waals surface area contributed by atoms with Crippen LogP contribution in [0.3, 0.4) is 0 Å². The third-order valence-corrected chi connectivity index (χ3v) is 8.91. The van der Waals surface area contributed by atoms with Gasteiger partial charge in [-0.3, -0.25) is 19.3 Å². The van der Waals surface area contributed by atoms with Gasteiger partial charge in [-0.1, -0.05) is 19.9 Å². The van der Waals surface area contributed by atoms with Gasteiger partial charge in [0.2, 0.25) is 5.91 Å². The third-order valence-electron chi connectivity index (χ3n) is 8.91. The molecule has 4 rings (SSSR count). The van der Waals surface area contributed by atoms with Crippen molar-refractivity contribution >= 4 is 23.8 Å². The molecule has 0 aromatic heterocycles. The number of piperidine rings is 1. The first-order valence-electron chi connectivity index (χ1n) is 14.0. The number of ether oxygens (including phenoxy) is 1. The number of nitrogens with zero attached hydrogens (tertiary/aromatic N) is 3. The third kappa shape index (κ3) is 6.00. The first kappa shape index (κ1) is 31.0. The number of methoxy groups -OCH3 is 1. The van der Waals surface area contributed by atoms with Gasteiger partial charge < -0.3 is 19.9 Å². The molecule has 41 heavy (non-hydrogen) atoms.